The first kappa shape index (κ1) is 17.9. The third kappa shape index (κ3) is 6.02. The van der Waals surface area contributed by atoms with E-state index >= 15 is 0 Å². The van der Waals surface area contributed by atoms with Gasteiger partial charge in [0, 0.05) is 6.61 Å². The van der Waals surface area contributed by atoms with Crippen LogP contribution in [0.5, 0.6) is 5.75 Å². The molecule has 1 rings (SSSR count). The van der Waals surface area contributed by atoms with Gasteiger partial charge in [-0.3, -0.25) is 0 Å². The summed E-state index contributed by atoms with van der Waals surface area (Å²) in [5, 5.41) is 0. The van der Waals surface area contributed by atoms with Crippen LogP contribution >= 0.6 is 12.2 Å². The summed E-state index contributed by atoms with van der Waals surface area (Å²) in [6, 6.07) is 5.84. The van der Waals surface area contributed by atoms with Gasteiger partial charge in [0.15, 0.2) is 0 Å². The molecule has 0 saturated carbocycles. The van der Waals surface area contributed by atoms with Crippen LogP contribution in [0.2, 0.25) is 0 Å². The first-order chi connectivity index (χ1) is 10.1. The average molecular weight is 309 g/mol. The lowest BCUT2D eigenvalue weighted by molar-refractivity contribution is 0.0819. The molecule has 0 aromatic heterocycles. The highest BCUT2D eigenvalue weighted by Crippen LogP contribution is 2.21. The first-order valence-corrected chi connectivity index (χ1v) is 8.07. The van der Waals surface area contributed by atoms with Gasteiger partial charge in [0.05, 0.1) is 19.3 Å². The van der Waals surface area contributed by atoms with Gasteiger partial charge in [-0.2, -0.15) is 0 Å². The van der Waals surface area contributed by atoms with Gasteiger partial charge in [0.1, 0.15) is 10.7 Å². The van der Waals surface area contributed by atoms with E-state index in [2.05, 4.69) is 13.8 Å². The Morgan fingerprint density at radius 3 is 2.67 bits per heavy atom. The van der Waals surface area contributed by atoms with Gasteiger partial charge < -0.3 is 15.2 Å². The van der Waals surface area contributed by atoms with Gasteiger partial charge in [-0.1, -0.05) is 51.4 Å². The zero-order chi connectivity index (χ0) is 15.7. The van der Waals surface area contributed by atoms with Crippen LogP contribution in [0.15, 0.2) is 18.2 Å². The fourth-order valence-corrected chi connectivity index (χ4v) is 2.44. The monoisotopic (exact) mass is 309 g/mol. The second-order valence-corrected chi connectivity index (χ2v) is 5.77. The van der Waals surface area contributed by atoms with E-state index in [4.69, 9.17) is 27.4 Å². The van der Waals surface area contributed by atoms with Crippen molar-refractivity contribution in [3.05, 3.63) is 29.3 Å². The summed E-state index contributed by atoms with van der Waals surface area (Å²) in [7, 11) is 1.62. The van der Waals surface area contributed by atoms with Gasteiger partial charge in [0.25, 0.3) is 0 Å². The lowest BCUT2D eigenvalue weighted by atomic mass is 10.0. The highest BCUT2D eigenvalue weighted by atomic mass is 32.1. The van der Waals surface area contributed by atoms with Crippen molar-refractivity contribution in [1.29, 1.82) is 0 Å². The molecule has 0 aliphatic rings. The quantitative estimate of drug-likeness (QED) is 0.662. The van der Waals surface area contributed by atoms with Crippen LogP contribution in [0.1, 0.15) is 50.7 Å². The molecule has 118 valence electrons. The van der Waals surface area contributed by atoms with Crippen LogP contribution in [-0.4, -0.2) is 18.7 Å². The van der Waals surface area contributed by atoms with Crippen molar-refractivity contribution in [2.45, 2.75) is 46.1 Å². The highest BCUT2D eigenvalue weighted by Gasteiger charge is 2.09. The van der Waals surface area contributed by atoms with Crippen molar-refractivity contribution in [3.63, 3.8) is 0 Å². The third-order valence-corrected chi connectivity index (χ3v) is 3.91. The van der Waals surface area contributed by atoms with E-state index in [0.717, 1.165) is 17.7 Å². The minimum atomic E-state index is 0.350. The lowest BCUT2D eigenvalue weighted by Crippen LogP contribution is -2.12. The molecule has 1 atom stereocenters. The standard InChI is InChI=1S/C17H27NO2S/c1-4-6-7-13(5-2)11-20-12-14-8-9-16(19-3)15(10-14)17(18)21/h8-10,13H,4-7,11-12H2,1-3H3,(H2,18,21). The van der Waals surface area contributed by atoms with Crippen LogP contribution in [0.25, 0.3) is 0 Å². The van der Waals surface area contributed by atoms with Crippen molar-refractivity contribution in [2.24, 2.45) is 11.7 Å². The topological polar surface area (TPSA) is 44.5 Å². The van der Waals surface area contributed by atoms with Gasteiger partial charge in [-0.25, -0.2) is 0 Å². The number of hydrogen-bond donors (Lipinski definition) is 1. The number of methoxy groups -OCH3 is 1. The lowest BCUT2D eigenvalue weighted by Gasteiger charge is -2.15. The minimum Gasteiger partial charge on any atom is -0.496 e. The zero-order valence-electron chi connectivity index (χ0n) is 13.4. The Labute approximate surface area is 133 Å². The SMILES string of the molecule is CCCCC(CC)COCc1ccc(OC)c(C(N)=S)c1. The molecule has 0 spiro atoms. The van der Waals surface area contributed by atoms with E-state index in [0.29, 0.717) is 23.3 Å². The smallest absolute Gasteiger partial charge is 0.129 e. The second kappa shape index (κ2) is 9.74. The normalized spacial score (nSPS) is 12.1. The zero-order valence-corrected chi connectivity index (χ0v) is 14.2. The van der Waals surface area contributed by atoms with E-state index in [-0.39, 0.29) is 0 Å². The van der Waals surface area contributed by atoms with Crippen molar-refractivity contribution in [2.75, 3.05) is 13.7 Å². The molecule has 21 heavy (non-hydrogen) atoms. The Hall–Kier alpha value is -1.13. The number of nitrogens with two attached hydrogens (primary N) is 1. The molecule has 0 amide bonds. The molecule has 0 aliphatic heterocycles. The maximum Gasteiger partial charge on any atom is 0.129 e. The largest absolute Gasteiger partial charge is 0.496 e. The van der Waals surface area contributed by atoms with Crippen molar-refractivity contribution < 1.29 is 9.47 Å². The van der Waals surface area contributed by atoms with Crippen LogP contribution < -0.4 is 10.5 Å². The van der Waals surface area contributed by atoms with E-state index in [1.54, 1.807) is 7.11 Å². The first-order valence-electron chi connectivity index (χ1n) is 7.66. The highest BCUT2D eigenvalue weighted by molar-refractivity contribution is 7.80. The fraction of sp³-hybridized carbons (Fsp3) is 0.588. The summed E-state index contributed by atoms with van der Waals surface area (Å²) >= 11 is 5.05. The average Bonchev–Trinajstić information content (AvgIpc) is 2.50. The van der Waals surface area contributed by atoms with E-state index in [9.17, 15) is 0 Å². The molecular formula is C17H27NO2S. The van der Waals surface area contributed by atoms with Gasteiger partial charge >= 0.3 is 0 Å². The molecule has 4 heteroatoms. The molecule has 0 aliphatic carbocycles. The number of rotatable bonds is 10. The second-order valence-electron chi connectivity index (χ2n) is 5.33. The Bertz CT molecular complexity index is 448. The van der Waals surface area contributed by atoms with Gasteiger partial charge in [0.2, 0.25) is 0 Å². The van der Waals surface area contributed by atoms with Crippen LogP contribution in [0.3, 0.4) is 0 Å². The summed E-state index contributed by atoms with van der Waals surface area (Å²) in [5.41, 5.74) is 7.57. The molecule has 0 fully saturated rings. The number of ether oxygens (including phenoxy) is 2. The molecule has 0 saturated heterocycles. The predicted octanol–water partition coefficient (Wildman–Crippen LogP) is 4.06. The summed E-state index contributed by atoms with van der Waals surface area (Å²) < 4.78 is 11.1. The van der Waals surface area contributed by atoms with Crippen LogP contribution in [-0.2, 0) is 11.3 Å². The number of benzene rings is 1. The summed E-state index contributed by atoms with van der Waals surface area (Å²) in [5.74, 6) is 1.36. The molecule has 0 radical (unpaired) electrons. The molecule has 3 nitrogen and oxygen atoms in total. The Morgan fingerprint density at radius 2 is 2.10 bits per heavy atom. The predicted molar refractivity (Wildman–Crippen MR) is 91.8 cm³/mol. The molecule has 2 N–H and O–H groups in total. The Balaban J connectivity index is 2.55. The van der Waals surface area contributed by atoms with Crippen LogP contribution in [0, 0.1) is 5.92 Å². The van der Waals surface area contributed by atoms with Crippen molar-refractivity contribution in [1.82, 2.24) is 0 Å². The summed E-state index contributed by atoms with van der Waals surface area (Å²) in [6.07, 6.45) is 4.93. The maximum atomic E-state index is 5.85. The van der Waals surface area contributed by atoms with E-state index in [1.165, 1.54) is 25.7 Å². The molecular weight excluding hydrogens is 282 g/mol. The number of hydrogen-bond acceptors (Lipinski definition) is 3. The Morgan fingerprint density at radius 1 is 1.33 bits per heavy atom. The third-order valence-electron chi connectivity index (χ3n) is 3.69. The fourth-order valence-electron chi connectivity index (χ4n) is 2.28. The molecule has 1 unspecified atom stereocenters. The van der Waals surface area contributed by atoms with Crippen LogP contribution in [0.4, 0.5) is 0 Å². The van der Waals surface area contributed by atoms with E-state index in [1.807, 2.05) is 18.2 Å². The summed E-state index contributed by atoms with van der Waals surface area (Å²) in [6.45, 7) is 5.84. The van der Waals surface area contributed by atoms with Gasteiger partial charge in [-0.05, 0) is 30.0 Å². The molecule has 0 bridgehead atoms. The molecule has 0 heterocycles. The van der Waals surface area contributed by atoms with E-state index < -0.39 is 0 Å². The van der Waals surface area contributed by atoms with Crippen molar-refractivity contribution in [3.8, 4) is 5.75 Å². The van der Waals surface area contributed by atoms with Gasteiger partial charge in [-0.15, -0.1) is 0 Å². The molecule has 1 aromatic carbocycles. The van der Waals surface area contributed by atoms with Crippen molar-refractivity contribution >= 4 is 17.2 Å². The maximum absolute atomic E-state index is 5.85. The summed E-state index contributed by atoms with van der Waals surface area (Å²) in [4.78, 5) is 0.350. The Kier molecular flexibility index (Phi) is 8.31. The molecule has 1 aromatic rings. The number of unbranched alkanes of at least 4 members (excludes halogenated alkanes) is 1. The minimum absolute atomic E-state index is 0.350. The number of thiocarbonyl (C=S) groups is 1.